The minimum absolute atomic E-state index is 0.296. The molecule has 0 saturated heterocycles. The van der Waals surface area contributed by atoms with Crippen molar-refractivity contribution in [2.75, 3.05) is 18.2 Å². The van der Waals surface area contributed by atoms with Gasteiger partial charge >= 0.3 is 0 Å². The topological polar surface area (TPSA) is 82.3 Å². The Kier molecular flexibility index (Phi) is 4.47. The second kappa shape index (κ2) is 6.87. The van der Waals surface area contributed by atoms with Gasteiger partial charge in [0, 0.05) is 5.69 Å². The van der Waals surface area contributed by atoms with Crippen LogP contribution >= 0.6 is 0 Å². The molecule has 24 heavy (non-hydrogen) atoms. The van der Waals surface area contributed by atoms with Gasteiger partial charge in [0.25, 0.3) is 0 Å². The molecular formula is C18H18N4O2. The number of aromatic nitrogens is 2. The van der Waals surface area contributed by atoms with E-state index in [9.17, 15) is 0 Å². The number of aryl methyl sites for hydroxylation is 1. The Labute approximate surface area is 140 Å². The van der Waals surface area contributed by atoms with Crippen LogP contribution in [0.4, 0.5) is 17.2 Å². The maximum atomic E-state index is 6.13. The average molecular weight is 322 g/mol. The fourth-order valence-corrected chi connectivity index (χ4v) is 2.09. The molecule has 0 aliphatic carbocycles. The zero-order valence-corrected chi connectivity index (χ0v) is 13.5. The van der Waals surface area contributed by atoms with Crippen LogP contribution in [0.15, 0.2) is 54.9 Å². The smallest absolute Gasteiger partial charge is 0.248 e. The first-order chi connectivity index (χ1) is 11.7. The minimum Gasteiger partial charge on any atom is -0.497 e. The molecule has 0 bridgehead atoms. The molecule has 0 saturated carbocycles. The summed E-state index contributed by atoms with van der Waals surface area (Å²) in [7, 11) is 1.61. The van der Waals surface area contributed by atoms with Crippen molar-refractivity contribution in [3.8, 4) is 17.4 Å². The van der Waals surface area contributed by atoms with Crippen LogP contribution in [-0.4, -0.2) is 17.1 Å². The molecule has 3 aromatic rings. The Morgan fingerprint density at radius 3 is 2.25 bits per heavy atom. The standard InChI is InChI=1S/C18H18N4O2/c1-12-3-5-13(6-4-12)22-17-16(19)18(21-11-20-17)24-15-9-7-14(23-2)8-10-15/h3-11H,19H2,1-2H3,(H,20,21,22). The monoisotopic (exact) mass is 322 g/mol. The quantitative estimate of drug-likeness (QED) is 0.741. The lowest BCUT2D eigenvalue weighted by Gasteiger charge is -2.12. The van der Waals surface area contributed by atoms with Crippen LogP contribution in [0.5, 0.6) is 17.4 Å². The van der Waals surface area contributed by atoms with Gasteiger partial charge < -0.3 is 20.5 Å². The highest BCUT2D eigenvalue weighted by Gasteiger charge is 2.10. The summed E-state index contributed by atoms with van der Waals surface area (Å²) < 4.78 is 10.9. The van der Waals surface area contributed by atoms with Gasteiger partial charge in [0.2, 0.25) is 5.88 Å². The molecule has 0 spiro atoms. The number of anilines is 3. The predicted molar refractivity (Wildman–Crippen MR) is 94.0 cm³/mol. The van der Waals surface area contributed by atoms with E-state index in [-0.39, 0.29) is 0 Å². The Balaban J connectivity index is 1.80. The number of nitrogens with one attached hydrogen (secondary N) is 1. The highest BCUT2D eigenvalue weighted by atomic mass is 16.5. The third-order valence-electron chi connectivity index (χ3n) is 3.44. The summed E-state index contributed by atoms with van der Waals surface area (Å²) in [6, 6.07) is 15.1. The third kappa shape index (κ3) is 3.55. The van der Waals surface area contributed by atoms with Crippen LogP contribution in [0.2, 0.25) is 0 Å². The zero-order chi connectivity index (χ0) is 16.9. The number of ether oxygens (including phenoxy) is 2. The van der Waals surface area contributed by atoms with Gasteiger partial charge in [-0.3, -0.25) is 0 Å². The van der Waals surface area contributed by atoms with Crippen molar-refractivity contribution >= 4 is 17.2 Å². The second-order valence-corrected chi connectivity index (χ2v) is 5.21. The van der Waals surface area contributed by atoms with Crippen LogP contribution in [0, 0.1) is 6.92 Å². The number of rotatable bonds is 5. The van der Waals surface area contributed by atoms with Crippen molar-refractivity contribution < 1.29 is 9.47 Å². The fourth-order valence-electron chi connectivity index (χ4n) is 2.09. The van der Waals surface area contributed by atoms with E-state index in [0.717, 1.165) is 11.4 Å². The summed E-state index contributed by atoms with van der Waals surface area (Å²) in [5, 5.41) is 3.17. The number of nitrogens with zero attached hydrogens (tertiary/aromatic N) is 2. The first kappa shape index (κ1) is 15.6. The van der Waals surface area contributed by atoms with Crippen LogP contribution in [0.25, 0.3) is 0 Å². The largest absolute Gasteiger partial charge is 0.497 e. The van der Waals surface area contributed by atoms with Crippen molar-refractivity contribution in [1.29, 1.82) is 0 Å². The summed E-state index contributed by atoms with van der Waals surface area (Å²) in [6.45, 7) is 2.03. The molecule has 0 atom stereocenters. The number of hydrogen-bond donors (Lipinski definition) is 2. The normalized spacial score (nSPS) is 10.2. The van der Waals surface area contributed by atoms with Gasteiger partial charge in [0.1, 0.15) is 23.5 Å². The average Bonchev–Trinajstić information content (AvgIpc) is 2.61. The second-order valence-electron chi connectivity index (χ2n) is 5.21. The maximum Gasteiger partial charge on any atom is 0.248 e. The van der Waals surface area contributed by atoms with Gasteiger partial charge in [-0.25, -0.2) is 4.98 Å². The molecule has 2 aromatic carbocycles. The van der Waals surface area contributed by atoms with Gasteiger partial charge in [-0.2, -0.15) is 4.98 Å². The van der Waals surface area contributed by atoms with Crippen molar-refractivity contribution in [1.82, 2.24) is 9.97 Å². The zero-order valence-electron chi connectivity index (χ0n) is 13.5. The van der Waals surface area contributed by atoms with E-state index in [2.05, 4.69) is 15.3 Å². The van der Waals surface area contributed by atoms with Crippen LogP contribution in [0.1, 0.15) is 5.56 Å². The molecule has 0 amide bonds. The molecule has 122 valence electrons. The van der Waals surface area contributed by atoms with E-state index < -0.39 is 0 Å². The molecule has 0 unspecified atom stereocenters. The van der Waals surface area contributed by atoms with Gasteiger partial charge in [-0.15, -0.1) is 0 Å². The van der Waals surface area contributed by atoms with E-state index in [0.29, 0.717) is 23.1 Å². The Bertz CT molecular complexity index is 817. The van der Waals surface area contributed by atoms with E-state index >= 15 is 0 Å². The predicted octanol–water partition coefficient (Wildman–Crippen LogP) is 3.91. The molecule has 0 fully saturated rings. The van der Waals surface area contributed by atoms with Crippen molar-refractivity contribution in [3.05, 3.63) is 60.4 Å². The highest BCUT2D eigenvalue weighted by molar-refractivity contribution is 5.72. The summed E-state index contributed by atoms with van der Waals surface area (Å²) in [6.07, 6.45) is 1.41. The van der Waals surface area contributed by atoms with E-state index in [1.54, 1.807) is 31.4 Å². The lowest BCUT2D eigenvalue weighted by Crippen LogP contribution is -2.03. The minimum atomic E-state index is 0.296. The first-order valence-corrected chi connectivity index (χ1v) is 7.42. The molecule has 3 rings (SSSR count). The number of benzene rings is 2. The Hall–Kier alpha value is -3.28. The van der Waals surface area contributed by atoms with Gasteiger partial charge in [0.05, 0.1) is 7.11 Å². The fraction of sp³-hybridized carbons (Fsp3) is 0.111. The lowest BCUT2D eigenvalue weighted by molar-refractivity contribution is 0.412. The van der Waals surface area contributed by atoms with Crippen LogP contribution in [-0.2, 0) is 0 Å². The Morgan fingerprint density at radius 2 is 1.58 bits per heavy atom. The molecule has 0 aliphatic rings. The van der Waals surface area contributed by atoms with Crippen molar-refractivity contribution in [3.63, 3.8) is 0 Å². The third-order valence-corrected chi connectivity index (χ3v) is 3.44. The summed E-state index contributed by atoms with van der Waals surface area (Å²) in [4.78, 5) is 8.28. The number of nitrogen functional groups attached to an aromatic ring is 1. The van der Waals surface area contributed by atoms with Crippen molar-refractivity contribution in [2.24, 2.45) is 0 Å². The van der Waals surface area contributed by atoms with Crippen LogP contribution < -0.4 is 20.5 Å². The van der Waals surface area contributed by atoms with E-state index in [1.165, 1.54) is 11.9 Å². The van der Waals surface area contributed by atoms with Crippen molar-refractivity contribution in [2.45, 2.75) is 6.92 Å². The lowest BCUT2D eigenvalue weighted by atomic mass is 10.2. The molecule has 0 radical (unpaired) electrons. The van der Waals surface area contributed by atoms with E-state index in [4.69, 9.17) is 15.2 Å². The summed E-state index contributed by atoms with van der Waals surface area (Å²) >= 11 is 0. The molecule has 3 N–H and O–H groups in total. The maximum absolute atomic E-state index is 6.13. The van der Waals surface area contributed by atoms with Gasteiger partial charge in [-0.05, 0) is 43.3 Å². The SMILES string of the molecule is COc1ccc(Oc2ncnc(Nc3ccc(C)cc3)c2N)cc1. The summed E-state index contributed by atoms with van der Waals surface area (Å²) in [5.41, 5.74) is 8.54. The molecular weight excluding hydrogens is 304 g/mol. The molecule has 6 heteroatoms. The Morgan fingerprint density at radius 1 is 0.917 bits per heavy atom. The first-order valence-electron chi connectivity index (χ1n) is 7.42. The van der Waals surface area contributed by atoms with Crippen LogP contribution in [0.3, 0.4) is 0 Å². The van der Waals surface area contributed by atoms with Gasteiger partial charge in [-0.1, -0.05) is 17.7 Å². The number of methoxy groups -OCH3 is 1. The number of hydrogen-bond acceptors (Lipinski definition) is 6. The van der Waals surface area contributed by atoms with E-state index in [1.807, 2.05) is 31.2 Å². The molecule has 1 aromatic heterocycles. The molecule has 6 nitrogen and oxygen atoms in total. The number of nitrogens with two attached hydrogens (primary N) is 1. The summed E-state index contributed by atoms with van der Waals surface area (Å²) in [5.74, 6) is 2.16. The van der Waals surface area contributed by atoms with Gasteiger partial charge in [0.15, 0.2) is 5.82 Å². The molecule has 1 heterocycles. The highest BCUT2D eigenvalue weighted by Crippen LogP contribution is 2.31. The molecule has 0 aliphatic heterocycles.